The average Bonchev–Trinajstić information content (AvgIpc) is 3.23. The molecule has 2 aromatic carbocycles. The van der Waals surface area contributed by atoms with Crippen molar-refractivity contribution in [3.8, 4) is 6.07 Å². The van der Waals surface area contributed by atoms with Gasteiger partial charge in [-0.1, -0.05) is 54.8 Å². The third kappa shape index (κ3) is 8.15. The number of nitrogens with one attached hydrogen (secondary N) is 2. The van der Waals surface area contributed by atoms with Gasteiger partial charge in [0.15, 0.2) is 5.57 Å². The van der Waals surface area contributed by atoms with Crippen LogP contribution in [0.25, 0.3) is 11.3 Å². The van der Waals surface area contributed by atoms with Crippen molar-refractivity contribution in [1.82, 2.24) is 9.47 Å². The van der Waals surface area contributed by atoms with Crippen LogP contribution in [0.3, 0.4) is 0 Å². The van der Waals surface area contributed by atoms with E-state index < -0.39 is 5.97 Å². The van der Waals surface area contributed by atoms with Crippen LogP contribution in [-0.2, 0) is 27.4 Å². The number of anilines is 2. The van der Waals surface area contributed by atoms with E-state index in [4.69, 9.17) is 4.74 Å². The maximum Gasteiger partial charge on any atom is 0.352 e. The molecule has 0 aliphatic heterocycles. The summed E-state index contributed by atoms with van der Waals surface area (Å²) in [6, 6.07) is 18.9. The van der Waals surface area contributed by atoms with Gasteiger partial charge in [0.1, 0.15) is 21.9 Å². The number of esters is 1. The van der Waals surface area contributed by atoms with Crippen LogP contribution >= 0.6 is 11.3 Å². The molecule has 0 atom stereocenters. The van der Waals surface area contributed by atoms with Gasteiger partial charge in [0.2, 0.25) is 5.91 Å². The molecule has 0 aliphatic rings. The van der Waals surface area contributed by atoms with E-state index in [0.717, 1.165) is 16.9 Å². The first-order valence-corrected chi connectivity index (χ1v) is 12.9. The third-order valence-corrected chi connectivity index (χ3v) is 6.47. The largest absolute Gasteiger partial charge is 0.457 e. The molecule has 0 unspecified atom stereocenters. The molecule has 0 aliphatic carbocycles. The maximum absolute atomic E-state index is 12.8. The highest BCUT2D eigenvalue weighted by atomic mass is 32.1. The number of carbonyl (C=O) groups excluding carboxylic acids is 2. The average molecular weight is 544 g/mol. The van der Waals surface area contributed by atoms with E-state index in [1.807, 2.05) is 48.3 Å². The Bertz CT molecular complexity index is 1590. The molecule has 0 fully saturated rings. The first kappa shape index (κ1) is 28.9. The van der Waals surface area contributed by atoms with E-state index in [1.54, 1.807) is 31.2 Å². The number of thiazole rings is 1. The summed E-state index contributed by atoms with van der Waals surface area (Å²) in [6.45, 7) is 6.33. The summed E-state index contributed by atoms with van der Waals surface area (Å²) in [7, 11) is 1.88. The van der Waals surface area contributed by atoms with E-state index >= 15 is 0 Å². The van der Waals surface area contributed by atoms with Gasteiger partial charge in [-0.3, -0.25) is 19.1 Å². The topological polar surface area (TPSA) is 116 Å². The number of hydrogen-bond acceptors (Lipinski definition) is 8. The maximum atomic E-state index is 12.8. The molecule has 9 nitrogen and oxygen atoms in total. The predicted octanol–water partition coefficient (Wildman–Crippen LogP) is 2.41. The number of likely N-dealkylation sites (N-methyl/N-ethyl adjacent to an activating group) is 1. The minimum absolute atomic E-state index is 0.0432. The standard InChI is InChI=1S/C29H29N5O4S/c1-4-16-38-29(37)24(18-30)28-34(5-2)27(36)25(39-28)14-15-31-22-12-9-13-23(17-22)32-26(35)20-33(3)19-21-10-7-6-8-11-21/h4,6-13,15,17,31H,1,5,16,19-20H2,2-3H3,(H,32,35)/b28-24-. The number of aromatic nitrogens is 1. The minimum atomic E-state index is -0.820. The predicted molar refractivity (Wildman–Crippen MR) is 153 cm³/mol. The van der Waals surface area contributed by atoms with Crippen molar-refractivity contribution in [3.63, 3.8) is 0 Å². The van der Waals surface area contributed by atoms with Crippen molar-refractivity contribution in [2.24, 2.45) is 0 Å². The summed E-state index contributed by atoms with van der Waals surface area (Å²) in [6.07, 6.45) is 2.86. The van der Waals surface area contributed by atoms with Gasteiger partial charge in [0, 0.05) is 30.7 Å². The summed E-state index contributed by atoms with van der Waals surface area (Å²) < 4.78 is 6.73. The van der Waals surface area contributed by atoms with Crippen molar-refractivity contribution in [3.05, 3.63) is 98.6 Å². The Morgan fingerprint density at radius 1 is 1.18 bits per heavy atom. The molecular weight excluding hydrogens is 514 g/mol. The van der Waals surface area contributed by atoms with Crippen molar-refractivity contribution in [2.75, 3.05) is 30.8 Å². The Hall–Kier alpha value is -4.68. The van der Waals surface area contributed by atoms with Crippen LogP contribution in [0.15, 0.2) is 78.2 Å². The lowest BCUT2D eigenvalue weighted by Gasteiger charge is -2.16. The zero-order valence-corrected chi connectivity index (χ0v) is 22.6. The summed E-state index contributed by atoms with van der Waals surface area (Å²) in [4.78, 5) is 39.5. The third-order valence-electron chi connectivity index (χ3n) is 5.36. The SMILES string of the molecule is C=CCOC(=O)/C(C#N)=c1\sc(=C=CNc2cccc(NC(=O)CN(C)Cc3ccccc3)c2)c(=O)n1CC. The molecule has 3 rings (SSSR count). The number of ether oxygens (including phenoxy) is 1. The molecule has 0 saturated carbocycles. The summed E-state index contributed by atoms with van der Waals surface area (Å²) in [5, 5.41) is 15.4. The highest BCUT2D eigenvalue weighted by Crippen LogP contribution is 2.15. The van der Waals surface area contributed by atoms with Gasteiger partial charge in [-0.2, -0.15) is 5.26 Å². The zero-order chi connectivity index (χ0) is 28.2. The van der Waals surface area contributed by atoms with Crippen LogP contribution in [0.1, 0.15) is 12.5 Å². The van der Waals surface area contributed by atoms with Crippen molar-refractivity contribution in [1.29, 1.82) is 5.26 Å². The Balaban J connectivity index is 1.75. The van der Waals surface area contributed by atoms with Gasteiger partial charge in [-0.05, 0) is 37.7 Å². The lowest BCUT2D eigenvalue weighted by atomic mass is 10.2. The smallest absolute Gasteiger partial charge is 0.352 e. The van der Waals surface area contributed by atoms with E-state index in [1.165, 1.54) is 16.8 Å². The van der Waals surface area contributed by atoms with E-state index in [-0.39, 0.29) is 45.9 Å². The number of amides is 1. The van der Waals surface area contributed by atoms with Crippen LogP contribution in [0.2, 0.25) is 0 Å². The highest BCUT2D eigenvalue weighted by molar-refractivity contribution is 7.07. The van der Waals surface area contributed by atoms with Gasteiger partial charge in [0.25, 0.3) is 5.56 Å². The molecule has 0 radical (unpaired) electrons. The fraction of sp³-hybridized carbons (Fsp3) is 0.207. The lowest BCUT2D eigenvalue weighted by Crippen LogP contribution is -2.32. The van der Waals surface area contributed by atoms with Crippen molar-refractivity contribution < 1.29 is 14.3 Å². The molecule has 10 heteroatoms. The number of nitriles is 1. The highest BCUT2D eigenvalue weighted by Gasteiger charge is 2.16. The van der Waals surface area contributed by atoms with Gasteiger partial charge in [-0.25, -0.2) is 4.79 Å². The van der Waals surface area contributed by atoms with Crippen molar-refractivity contribution >= 4 is 45.9 Å². The molecule has 1 amide bonds. The summed E-state index contributed by atoms with van der Waals surface area (Å²) in [5.74, 6) is -0.963. The van der Waals surface area contributed by atoms with Gasteiger partial charge >= 0.3 is 5.97 Å². The fourth-order valence-electron chi connectivity index (χ4n) is 3.63. The normalized spacial score (nSPS) is 11.1. The number of rotatable bonds is 11. The second-order valence-corrected chi connectivity index (χ2v) is 9.38. The van der Waals surface area contributed by atoms with Crippen LogP contribution in [0.4, 0.5) is 11.4 Å². The monoisotopic (exact) mass is 543 g/mol. The fourth-order valence-corrected chi connectivity index (χ4v) is 4.69. The Morgan fingerprint density at radius 2 is 1.92 bits per heavy atom. The first-order valence-electron chi connectivity index (χ1n) is 12.1. The molecule has 39 heavy (non-hydrogen) atoms. The molecule has 200 valence electrons. The molecule has 2 N–H and O–H groups in total. The number of carbonyl (C=O) groups is 2. The van der Waals surface area contributed by atoms with Crippen LogP contribution in [-0.4, -0.2) is 41.5 Å². The number of nitrogens with zero attached hydrogens (tertiary/aromatic N) is 3. The molecule has 3 aromatic rings. The quantitative estimate of drug-likeness (QED) is 0.282. The lowest BCUT2D eigenvalue weighted by molar-refractivity contribution is -0.135. The zero-order valence-electron chi connectivity index (χ0n) is 21.8. The molecule has 1 aromatic heterocycles. The van der Waals surface area contributed by atoms with Crippen LogP contribution in [0.5, 0.6) is 0 Å². The second-order valence-electron chi connectivity index (χ2n) is 8.38. The Morgan fingerprint density at radius 3 is 2.62 bits per heavy atom. The first-order chi connectivity index (χ1) is 18.9. The van der Waals surface area contributed by atoms with Crippen LogP contribution < -0.4 is 25.4 Å². The van der Waals surface area contributed by atoms with E-state index in [2.05, 4.69) is 22.9 Å². The van der Waals surface area contributed by atoms with Crippen LogP contribution in [0, 0.1) is 11.3 Å². The summed E-state index contributed by atoms with van der Waals surface area (Å²) in [5.41, 5.74) is 4.68. The van der Waals surface area contributed by atoms with Gasteiger partial charge < -0.3 is 15.4 Å². The Labute approximate surface area is 230 Å². The number of benzene rings is 2. The van der Waals surface area contributed by atoms with Crippen molar-refractivity contribution in [2.45, 2.75) is 20.0 Å². The van der Waals surface area contributed by atoms with Gasteiger partial charge in [0.05, 0.1) is 6.54 Å². The second kappa shape index (κ2) is 14.3. The number of hydrogen-bond donors (Lipinski definition) is 2. The Kier molecular flexibility index (Phi) is 10.6. The molecule has 0 saturated heterocycles. The van der Waals surface area contributed by atoms with Gasteiger partial charge in [-0.15, -0.1) is 11.3 Å². The van der Waals surface area contributed by atoms with E-state index in [9.17, 15) is 19.6 Å². The molecule has 1 heterocycles. The minimum Gasteiger partial charge on any atom is -0.457 e. The molecule has 0 bridgehead atoms. The molecular formula is C29H29N5O4S. The summed E-state index contributed by atoms with van der Waals surface area (Å²) >= 11 is 0.978. The van der Waals surface area contributed by atoms with E-state index in [0.29, 0.717) is 17.9 Å². The molecule has 0 spiro atoms.